The van der Waals surface area contributed by atoms with E-state index >= 15 is 0 Å². The fraction of sp³-hybridized carbons (Fsp3) is 0.333. The van der Waals surface area contributed by atoms with Gasteiger partial charge in [-0.2, -0.15) is 0 Å². The summed E-state index contributed by atoms with van der Waals surface area (Å²) in [6.45, 7) is 3.78. The lowest BCUT2D eigenvalue weighted by Gasteiger charge is -2.32. The molecule has 3 aromatic carbocycles. The van der Waals surface area contributed by atoms with Crippen molar-refractivity contribution in [3.05, 3.63) is 99.8 Å². The molecule has 1 atom stereocenters. The normalized spacial score (nSPS) is 12.2. The second kappa shape index (κ2) is 14.7. The van der Waals surface area contributed by atoms with Crippen molar-refractivity contribution < 1.29 is 22.4 Å². The van der Waals surface area contributed by atoms with Gasteiger partial charge in [0, 0.05) is 32.0 Å². The second-order valence-corrected chi connectivity index (χ2v) is 12.8. The number of hydrogen-bond donors (Lipinski definition) is 1. The number of carbonyl (C=O) groups is 2. The number of carbonyl (C=O) groups excluding carboxylic acids is 2. The molecular formula is C30H34Cl2FN3O4S. The number of sulfonamides is 1. The molecule has 220 valence electrons. The molecule has 0 saturated heterocycles. The number of nitrogens with zero attached hydrogens (tertiary/aromatic N) is 2. The van der Waals surface area contributed by atoms with Crippen molar-refractivity contribution in [2.75, 3.05) is 17.1 Å². The summed E-state index contributed by atoms with van der Waals surface area (Å²) < 4.78 is 39.5. The maximum Gasteiger partial charge on any atom is 0.243 e. The lowest BCUT2D eigenvalue weighted by molar-refractivity contribution is -0.141. The summed E-state index contributed by atoms with van der Waals surface area (Å²) >= 11 is 12.3. The predicted octanol–water partition coefficient (Wildman–Crippen LogP) is 5.84. The first-order valence-corrected chi connectivity index (χ1v) is 15.8. The van der Waals surface area contributed by atoms with Gasteiger partial charge in [0.25, 0.3) is 0 Å². The van der Waals surface area contributed by atoms with E-state index in [1.165, 1.54) is 29.2 Å². The van der Waals surface area contributed by atoms with E-state index in [1.54, 1.807) is 18.2 Å². The van der Waals surface area contributed by atoms with Crippen molar-refractivity contribution in [2.24, 2.45) is 0 Å². The molecule has 0 heterocycles. The van der Waals surface area contributed by atoms with Crippen LogP contribution in [0.4, 0.5) is 10.1 Å². The topological polar surface area (TPSA) is 86.8 Å². The van der Waals surface area contributed by atoms with Crippen LogP contribution in [0.2, 0.25) is 10.0 Å². The highest BCUT2D eigenvalue weighted by atomic mass is 35.5. The maximum atomic E-state index is 13.8. The zero-order valence-corrected chi connectivity index (χ0v) is 25.5. The van der Waals surface area contributed by atoms with Crippen molar-refractivity contribution in [3.63, 3.8) is 0 Å². The Morgan fingerprint density at radius 2 is 1.59 bits per heavy atom. The fourth-order valence-electron chi connectivity index (χ4n) is 4.38. The quantitative estimate of drug-likeness (QED) is 0.260. The molecule has 0 radical (unpaired) electrons. The number of amides is 2. The van der Waals surface area contributed by atoms with Crippen LogP contribution < -0.4 is 9.62 Å². The van der Waals surface area contributed by atoms with Crippen LogP contribution in [-0.2, 0) is 32.6 Å². The predicted molar refractivity (Wildman–Crippen MR) is 162 cm³/mol. The lowest BCUT2D eigenvalue weighted by atomic mass is 10.0. The Morgan fingerprint density at radius 1 is 0.927 bits per heavy atom. The van der Waals surface area contributed by atoms with Gasteiger partial charge in [0.2, 0.25) is 21.8 Å². The molecule has 0 bridgehead atoms. The average molecular weight is 623 g/mol. The van der Waals surface area contributed by atoms with Gasteiger partial charge in [0.05, 0.1) is 22.0 Å². The smallest absolute Gasteiger partial charge is 0.243 e. The van der Waals surface area contributed by atoms with E-state index in [0.717, 1.165) is 16.1 Å². The molecule has 0 spiro atoms. The van der Waals surface area contributed by atoms with Crippen LogP contribution in [0.15, 0.2) is 72.8 Å². The molecule has 0 aliphatic rings. The van der Waals surface area contributed by atoms with E-state index in [0.29, 0.717) is 21.3 Å². The molecule has 0 aliphatic heterocycles. The molecule has 11 heteroatoms. The van der Waals surface area contributed by atoms with E-state index in [2.05, 4.69) is 5.32 Å². The number of nitrogens with one attached hydrogen (secondary N) is 1. The minimum Gasteiger partial charge on any atom is -0.352 e. The first kappa shape index (κ1) is 32.4. The number of rotatable bonds is 13. The van der Waals surface area contributed by atoms with E-state index < -0.39 is 21.9 Å². The summed E-state index contributed by atoms with van der Waals surface area (Å²) in [5.41, 5.74) is 1.86. The van der Waals surface area contributed by atoms with Gasteiger partial charge >= 0.3 is 0 Å². The van der Waals surface area contributed by atoms with Crippen molar-refractivity contribution in [1.29, 1.82) is 0 Å². The third kappa shape index (κ3) is 9.73. The molecular weight excluding hydrogens is 588 g/mol. The van der Waals surface area contributed by atoms with Crippen LogP contribution in [0.5, 0.6) is 0 Å². The summed E-state index contributed by atoms with van der Waals surface area (Å²) in [5.74, 6) is -1.12. The van der Waals surface area contributed by atoms with Crippen LogP contribution in [0.1, 0.15) is 37.8 Å². The zero-order chi connectivity index (χ0) is 30.2. The average Bonchev–Trinajstić information content (AvgIpc) is 2.90. The highest BCUT2D eigenvalue weighted by Gasteiger charge is 2.31. The van der Waals surface area contributed by atoms with Crippen LogP contribution in [0.3, 0.4) is 0 Å². The van der Waals surface area contributed by atoms with Gasteiger partial charge in [-0.1, -0.05) is 59.6 Å². The maximum absolute atomic E-state index is 13.8. The number of hydrogen-bond acceptors (Lipinski definition) is 4. The van der Waals surface area contributed by atoms with E-state index in [4.69, 9.17) is 23.2 Å². The van der Waals surface area contributed by atoms with Crippen LogP contribution in [0.25, 0.3) is 0 Å². The molecule has 0 fully saturated rings. The van der Waals surface area contributed by atoms with Crippen LogP contribution in [0, 0.1) is 5.82 Å². The monoisotopic (exact) mass is 621 g/mol. The minimum absolute atomic E-state index is 0.00163. The fourth-order valence-corrected chi connectivity index (χ4v) is 5.67. The van der Waals surface area contributed by atoms with Crippen molar-refractivity contribution in [3.8, 4) is 0 Å². The van der Waals surface area contributed by atoms with E-state index in [9.17, 15) is 22.4 Å². The number of anilines is 1. The lowest BCUT2D eigenvalue weighted by Crippen LogP contribution is -2.51. The second-order valence-electron chi connectivity index (χ2n) is 10.1. The van der Waals surface area contributed by atoms with Gasteiger partial charge in [0.1, 0.15) is 11.9 Å². The Bertz CT molecular complexity index is 1440. The third-order valence-electron chi connectivity index (χ3n) is 6.31. The molecule has 41 heavy (non-hydrogen) atoms. The minimum atomic E-state index is -3.70. The van der Waals surface area contributed by atoms with Crippen molar-refractivity contribution >= 4 is 50.7 Å². The highest BCUT2D eigenvalue weighted by Crippen LogP contribution is 2.25. The van der Waals surface area contributed by atoms with E-state index in [1.807, 2.05) is 44.2 Å². The third-order valence-corrected chi connectivity index (χ3v) is 8.24. The Morgan fingerprint density at radius 3 is 2.17 bits per heavy atom. The molecule has 3 rings (SSSR count). The van der Waals surface area contributed by atoms with Crippen molar-refractivity contribution in [1.82, 2.24) is 10.2 Å². The van der Waals surface area contributed by atoms with Gasteiger partial charge in [-0.25, -0.2) is 12.8 Å². The molecule has 7 nitrogen and oxygen atoms in total. The summed E-state index contributed by atoms with van der Waals surface area (Å²) in [7, 11) is -3.70. The number of benzene rings is 3. The molecule has 3 aromatic rings. The Labute approximate surface area is 251 Å². The highest BCUT2D eigenvalue weighted by molar-refractivity contribution is 7.92. The van der Waals surface area contributed by atoms with Crippen molar-refractivity contribution in [2.45, 2.75) is 51.7 Å². The largest absolute Gasteiger partial charge is 0.352 e. The van der Waals surface area contributed by atoms with Crippen LogP contribution in [-0.4, -0.2) is 50.0 Å². The summed E-state index contributed by atoms with van der Waals surface area (Å²) in [5, 5.41) is 3.62. The standard InChI is InChI=1S/C30H34Cl2FN3O4S/c1-21(2)34-30(38)28(19-22-8-5-4-6-9-22)35(20-23-11-16-26(31)27(32)18-23)29(37)10-7-17-36(41(3,39)40)25-14-12-24(33)13-15-25/h4-6,8-9,11-16,18,21,28H,7,10,17,19-20H2,1-3H3,(H,34,38)/t28-/m0/s1. The summed E-state index contributed by atoms with van der Waals surface area (Å²) in [4.78, 5) is 28.8. The van der Waals surface area contributed by atoms with E-state index in [-0.39, 0.29) is 50.2 Å². The van der Waals surface area contributed by atoms with Gasteiger partial charge in [-0.05, 0) is 67.8 Å². The van der Waals surface area contributed by atoms with Gasteiger partial charge in [0.15, 0.2) is 0 Å². The van der Waals surface area contributed by atoms with Gasteiger partial charge < -0.3 is 10.2 Å². The molecule has 0 unspecified atom stereocenters. The first-order chi connectivity index (χ1) is 19.3. The zero-order valence-electron chi connectivity index (χ0n) is 23.2. The summed E-state index contributed by atoms with van der Waals surface area (Å²) in [6, 6.07) is 18.5. The Kier molecular flexibility index (Phi) is 11.6. The summed E-state index contributed by atoms with van der Waals surface area (Å²) in [6.07, 6.45) is 1.47. The molecule has 1 N–H and O–H groups in total. The Hall–Kier alpha value is -3.14. The van der Waals surface area contributed by atoms with Gasteiger partial charge in [-0.3, -0.25) is 13.9 Å². The first-order valence-electron chi connectivity index (χ1n) is 13.2. The van der Waals surface area contributed by atoms with Gasteiger partial charge in [-0.15, -0.1) is 0 Å². The molecule has 0 aliphatic carbocycles. The SMILES string of the molecule is CC(C)NC(=O)[C@H](Cc1ccccc1)N(Cc1ccc(Cl)c(Cl)c1)C(=O)CCCN(c1ccc(F)cc1)S(C)(=O)=O. The number of halogens is 3. The Balaban J connectivity index is 1.90. The van der Waals surface area contributed by atoms with Crippen LogP contribution >= 0.6 is 23.2 Å². The molecule has 0 saturated carbocycles. The molecule has 0 aromatic heterocycles. The molecule has 2 amide bonds.